The van der Waals surface area contributed by atoms with Crippen LogP contribution in [0.4, 0.5) is 5.69 Å². The Balaban J connectivity index is 2.38. The number of halogens is 1. The second kappa shape index (κ2) is 5.55. The van der Waals surface area contributed by atoms with Crippen molar-refractivity contribution in [3.8, 4) is 0 Å². The second-order valence-corrected chi connectivity index (χ2v) is 7.16. The molecular formula is C16H25ClN2O. The number of nitrogens with two attached hydrogens (primary N) is 1. The normalized spacial score (nSPS) is 21.0. The van der Waals surface area contributed by atoms with Gasteiger partial charge in [0.25, 0.3) is 0 Å². The minimum absolute atomic E-state index is 0.177. The molecule has 0 aromatic heterocycles. The smallest absolute Gasteiger partial charge is 0.0808 e. The summed E-state index contributed by atoms with van der Waals surface area (Å²) in [5, 5.41) is 0.801. The molecule has 0 bridgehead atoms. The van der Waals surface area contributed by atoms with E-state index in [4.69, 9.17) is 22.1 Å². The Bertz CT molecular complexity index is 469. The average molecular weight is 297 g/mol. The topological polar surface area (TPSA) is 38.5 Å². The molecule has 0 unspecified atom stereocenters. The fourth-order valence-electron chi connectivity index (χ4n) is 3.19. The molecule has 0 amide bonds. The summed E-state index contributed by atoms with van der Waals surface area (Å²) in [5.74, 6) is 0. The largest absolute Gasteiger partial charge is 0.366 e. The lowest BCUT2D eigenvalue weighted by Gasteiger charge is -2.48. The zero-order chi connectivity index (χ0) is 15.0. The van der Waals surface area contributed by atoms with E-state index in [0.29, 0.717) is 6.54 Å². The zero-order valence-corrected chi connectivity index (χ0v) is 13.6. The highest BCUT2D eigenvalue weighted by molar-refractivity contribution is 6.31. The molecule has 2 N–H and O–H groups in total. The summed E-state index contributed by atoms with van der Waals surface area (Å²) in [6.07, 6.45) is 0.799. The number of ether oxygens (including phenoxy) is 1. The van der Waals surface area contributed by atoms with Gasteiger partial charge in [0.15, 0.2) is 0 Å². The quantitative estimate of drug-likeness (QED) is 0.930. The van der Waals surface area contributed by atoms with Gasteiger partial charge < -0.3 is 15.4 Å². The monoisotopic (exact) mass is 296 g/mol. The van der Waals surface area contributed by atoms with E-state index in [1.807, 2.05) is 12.1 Å². The summed E-state index contributed by atoms with van der Waals surface area (Å²) in [5.41, 5.74) is 7.71. The molecule has 1 fully saturated rings. The van der Waals surface area contributed by atoms with E-state index in [2.05, 4.69) is 38.7 Å². The zero-order valence-electron chi connectivity index (χ0n) is 12.9. The van der Waals surface area contributed by atoms with Crippen LogP contribution in [0, 0.1) is 0 Å². The van der Waals surface area contributed by atoms with Gasteiger partial charge in [-0.15, -0.1) is 0 Å². The molecule has 3 nitrogen and oxygen atoms in total. The number of anilines is 1. The van der Waals surface area contributed by atoms with Crippen molar-refractivity contribution < 1.29 is 4.74 Å². The van der Waals surface area contributed by atoms with E-state index < -0.39 is 0 Å². The summed E-state index contributed by atoms with van der Waals surface area (Å²) in [7, 11) is 0. The average Bonchev–Trinajstić information content (AvgIpc) is 2.28. The van der Waals surface area contributed by atoms with Gasteiger partial charge in [-0.3, -0.25) is 0 Å². The fourth-order valence-corrected chi connectivity index (χ4v) is 3.46. The van der Waals surface area contributed by atoms with E-state index in [-0.39, 0.29) is 11.2 Å². The van der Waals surface area contributed by atoms with Gasteiger partial charge in [0.2, 0.25) is 0 Å². The van der Waals surface area contributed by atoms with Crippen molar-refractivity contribution in [2.45, 2.75) is 45.3 Å². The maximum atomic E-state index is 6.36. The van der Waals surface area contributed by atoms with Crippen LogP contribution in [0.3, 0.4) is 0 Å². The molecule has 1 saturated heterocycles. The summed E-state index contributed by atoms with van der Waals surface area (Å²) in [4.78, 5) is 2.38. The summed E-state index contributed by atoms with van der Waals surface area (Å²) >= 11 is 6.36. The Kier molecular flexibility index (Phi) is 4.33. The number of nitrogens with zero attached hydrogens (tertiary/aromatic N) is 1. The van der Waals surface area contributed by atoms with E-state index >= 15 is 0 Å². The molecule has 1 aliphatic rings. The van der Waals surface area contributed by atoms with Crippen molar-refractivity contribution in [1.29, 1.82) is 0 Å². The lowest BCUT2D eigenvalue weighted by molar-refractivity contribution is -0.133. The Labute approximate surface area is 127 Å². The van der Waals surface area contributed by atoms with Crippen LogP contribution in [0.1, 0.15) is 33.3 Å². The van der Waals surface area contributed by atoms with Crippen LogP contribution in [0.5, 0.6) is 0 Å². The lowest BCUT2D eigenvalue weighted by atomic mass is 9.97. The van der Waals surface area contributed by atoms with E-state index in [0.717, 1.165) is 30.1 Å². The highest BCUT2D eigenvalue weighted by Gasteiger charge is 2.38. The van der Waals surface area contributed by atoms with E-state index in [9.17, 15) is 0 Å². The summed E-state index contributed by atoms with van der Waals surface area (Å²) in [6, 6.07) is 6.08. The Hall–Kier alpha value is -0.770. The van der Waals surface area contributed by atoms with Crippen molar-refractivity contribution in [2.24, 2.45) is 5.73 Å². The van der Waals surface area contributed by atoms with Gasteiger partial charge >= 0.3 is 0 Å². The van der Waals surface area contributed by atoms with Crippen molar-refractivity contribution in [1.82, 2.24) is 0 Å². The predicted molar refractivity (Wildman–Crippen MR) is 85.7 cm³/mol. The van der Waals surface area contributed by atoms with E-state index in [1.54, 1.807) is 0 Å². The first-order chi connectivity index (χ1) is 9.24. The number of benzene rings is 1. The summed E-state index contributed by atoms with van der Waals surface area (Å²) < 4.78 is 6.14. The van der Waals surface area contributed by atoms with Crippen LogP contribution >= 0.6 is 11.6 Å². The second-order valence-electron chi connectivity index (χ2n) is 6.75. The third-order valence-corrected chi connectivity index (χ3v) is 3.88. The van der Waals surface area contributed by atoms with Gasteiger partial charge in [-0.25, -0.2) is 0 Å². The van der Waals surface area contributed by atoms with Crippen molar-refractivity contribution in [3.63, 3.8) is 0 Å². The van der Waals surface area contributed by atoms with Crippen LogP contribution in [-0.4, -0.2) is 30.8 Å². The highest BCUT2D eigenvalue weighted by Crippen LogP contribution is 2.35. The minimum Gasteiger partial charge on any atom is -0.366 e. The molecule has 4 heteroatoms. The van der Waals surface area contributed by atoms with Crippen molar-refractivity contribution in [3.05, 3.63) is 28.8 Å². The van der Waals surface area contributed by atoms with Crippen LogP contribution in [0.25, 0.3) is 0 Å². The molecule has 1 aliphatic heterocycles. The maximum Gasteiger partial charge on any atom is 0.0808 e. The molecule has 1 aromatic carbocycles. The van der Waals surface area contributed by atoms with E-state index in [1.165, 1.54) is 5.69 Å². The summed E-state index contributed by atoms with van der Waals surface area (Å²) in [6.45, 7) is 10.8. The first-order valence-corrected chi connectivity index (χ1v) is 7.54. The fraction of sp³-hybridized carbons (Fsp3) is 0.625. The van der Waals surface area contributed by atoms with Gasteiger partial charge in [0.1, 0.15) is 0 Å². The highest BCUT2D eigenvalue weighted by atomic mass is 35.5. The number of rotatable bonds is 3. The number of hydrogen-bond donors (Lipinski definition) is 1. The van der Waals surface area contributed by atoms with Gasteiger partial charge in [0, 0.05) is 23.8 Å². The molecule has 1 heterocycles. The van der Waals surface area contributed by atoms with Gasteiger partial charge in [0.05, 0.1) is 11.2 Å². The van der Waals surface area contributed by atoms with Crippen molar-refractivity contribution >= 4 is 17.3 Å². The molecule has 112 valence electrons. The number of hydrogen-bond acceptors (Lipinski definition) is 3. The maximum absolute atomic E-state index is 6.36. The molecule has 0 saturated carbocycles. The van der Waals surface area contributed by atoms with Gasteiger partial charge in [-0.1, -0.05) is 17.7 Å². The lowest BCUT2D eigenvalue weighted by Crippen LogP contribution is -2.57. The van der Waals surface area contributed by atoms with Crippen LogP contribution in [-0.2, 0) is 11.2 Å². The van der Waals surface area contributed by atoms with Crippen LogP contribution in [0.2, 0.25) is 5.02 Å². The first kappa shape index (κ1) is 15.6. The Morgan fingerprint density at radius 1 is 1.20 bits per heavy atom. The molecule has 2 rings (SSSR count). The molecular weight excluding hydrogens is 272 g/mol. The van der Waals surface area contributed by atoms with Crippen molar-refractivity contribution in [2.75, 3.05) is 24.5 Å². The van der Waals surface area contributed by atoms with Crippen LogP contribution in [0.15, 0.2) is 18.2 Å². The SMILES string of the molecule is CC1(C)CN(c2cccc(Cl)c2CCN)CC(C)(C)O1. The number of morpholine rings is 1. The Morgan fingerprint density at radius 3 is 2.35 bits per heavy atom. The molecule has 20 heavy (non-hydrogen) atoms. The van der Waals surface area contributed by atoms with Gasteiger partial charge in [-0.05, 0) is 58.4 Å². The minimum atomic E-state index is -0.177. The molecule has 0 atom stereocenters. The first-order valence-electron chi connectivity index (χ1n) is 7.17. The Morgan fingerprint density at radius 2 is 1.80 bits per heavy atom. The standard InChI is InChI=1S/C16H25ClN2O/c1-15(2)10-19(11-16(3,4)20-15)14-7-5-6-13(17)12(14)8-9-18/h5-7H,8-11,18H2,1-4H3. The third kappa shape index (κ3) is 3.46. The molecule has 1 aromatic rings. The predicted octanol–water partition coefficient (Wildman–Crippen LogP) is 3.24. The van der Waals surface area contributed by atoms with Crippen LogP contribution < -0.4 is 10.6 Å². The molecule has 0 spiro atoms. The molecule has 0 radical (unpaired) electrons. The third-order valence-electron chi connectivity index (χ3n) is 3.53. The molecule has 0 aliphatic carbocycles. The van der Waals surface area contributed by atoms with Gasteiger partial charge in [-0.2, -0.15) is 0 Å².